The van der Waals surface area contributed by atoms with Crippen LogP contribution in [0.15, 0.2) is 42.7 Å². The molecule has 1 heterocycles. The van der Waals surface area contributed by atoms with Crippen molar-refractivity contribution in [2.45, 2.75) is 17.9 Å². The van der Waals surface area contributed by atoms with E-state index in [4.69, 9.17) is 0 Å². The van der Waals surface area contributed by atoms with Gasteiger partial charge in [0, 0.05) is 30.6 Å². The topological polar surface area (TPSA) is 30.0 Å². The first-order valence-electron chi connectivity index (χ1n) is 6.00. The van der Waals surface area contributed by atoms with E-state index in [0.29, 0.717) is 17.3 Å². The van der Waals surface area contributed by atoms with Crippen LogP contribution in [0, 0.1) is 0 Å². The monoisotopic (exact) mass is 293 g/mol. The number of aromatic nitrogens is 1. The highest BCUT2D eigenvalue weighted by Gasteiger charge is 2.21. The van der Waals surface area contributed by atoms with Crippen LogP contribution >= 0.6 is 11.8 Å². The number of halogens is 2. The molecule has 0 radical (unpaired) electrons. The maximum atomic E-state index is 12.9. The molecule has 0 N–H and O–H groups in total. The first kappa shape index (κ1) is 14.7. The van der Waals surface area contributed by atoms with Crippen molar-refractivity contribution in [3.05, 3.63) is 53.9 Å². The summed E-state index contributed by atoms with van der Waals surface area (Å²) < 4.78 is 25.8. The maximum Gasteiger partial charge on any atom is 0.291 e. The third kappa shape index (κ3) is 3.87. The van der Waals surface area contributed by atoms with Gasteiger partial charge in [0.2, 0.25) is 0 Å². The molecular formula is C15H13F2NOS. The lowest BCUT2D eigenvalue weighted by atomic mass is 9.99. The van der Waals surface area contributed by atoms with Crippen molar-refractivity contribution in [2.75, 3.05) is 0 Å². The molecule has 0 aliphatic rings. The second-order valence-electron chi connectivity index (χ2n) is 4.37. The van der Waals surface area contributed by atoms with Gasteiger partial charge >= 0.3 is 0 Å². The molecular weight excluding hydrogens is 280 g/mol. The Kier molecular flexibility index (Phi) is 4.49. The van der Waals surface area contributed by atoms with Gasteiger partial charge in [0.05, 0.1) is 0 Å². The van der Waals surface area contributed by atoms with Gasteiger partial charge in [0.15, 0.2) is 6.29 Å². The van der Waals surface area contributed by atoms with Crippen LogP contribution in [0.1, 0.15) is 22.8 Å². The zero-order chi connectivity index (χ0) is 14.6. The molecule has 0 bridgehead atoms. The van der Waals surface area contributed by atoms with Crippen LogP contribution in [-0.2, 0) is 5.75 Å². The summed E-state index contributed by atoms with van der Waals surface area (Å²) in [6.45, 7) is 0.876. The van der Waals surface area contributed by atoms with E-state index in [1.165, 1.54) is 0 Å². The molecule has 0 aliphatic carbocycles. The summed E-state index contributed by atoms with van der Waals surface area (Å²) in [5.41, 5.74) is 2.87. The van der Waals surface area contributed by atoms with Gasteiger partial charge in [-0.05, 0) is 34.9 Å². The van der Waals surface area contributed by atoms with Gasteiger partial charge in [-0.15, -0.1) is 0 Å². The van der Waals surface area contributed by atoms with Crippen LogP contribution in [0.2, 0.25) is 0 Å². The minimum atomic E-state index is -2.76. The van der Waals surface area contributed by atoms with Gasteiger partial charge in [-0.2, -0.15) is 8.78 Å². The highest BCUT2D eigenvalue weighted by molar-refractivity contribution is 7.99. The average Bonchev–Trinajstić information content (AvgIpc) is 2.45. The molecule has 2 rings (SSSR count). The Morgan fingerprint density at radius 2 is 1.95 bits per heavy atom. The Balaban J connectivity index is 2.32. The number of aldehydes is 1. The molecule has 0 saturated heterocycles. The molecule has 0 unspecified atom stereocenters. The van der Waals surface area contributed by atoms with E-state index >= 15 is 0 Å². The van der Waals surface area contributed by atoms with Crippen LogP contribution in [0.3, 0.4) is 0 Å². The lowest BCUT2D eigenvalue weighted by molar-refractivity contribution is 0.112. The van der Waals surface area contributed by atoms with E-state index in [1.54, 1.807) is 42.7 Å². The van der Waals surface area contributed by atoms with E-state index in [2.05, 4.69) is 4.98 Å². The molecule has 2 aromatic rings. The number of nitrogens with zero attached hydrogens (tertiary/aromatic N) is 1. The van der Waals surface area contributed by atoms with Crippen molar-refractivity contribution in [3.63, 3.8) is 0 Å². The summed E-state index contributed by atoms with van der Waals surface area (Å²) in [6, 6.07) is 8.71. The highest BCUT2D eigenvalue weighted by Crippen LogP contribution is 2.32. The van der Waals surface area contributed by atoms with Crippen molar-refractivity contribution in [1.82, 2.24) is 4.98 Å². The summed E-state index contributed by atoms with van der Waals surface area (Å²) in [5.74, 6) is 0.195. The van der Waals surface area contributed by atoms with Crippen LogP contribution < -0.4 is 0 Å². The third-order valence-electron chi connectivity index (χ3n) is 2.73. The molecule has 104 valence electrons. The number of rotatable bonds is 5. The van der Waals surface area contributed by atoms with Gasteiger partial charge in [-0.3, -0.25) is 9.78 Å². The summed E-state index contributed by atoms with van der Waals surface area (Å²) >= 11 is 0.570. The van der Waals surface area contributed by atoms with E-state index in [0.717, 1.165) is 29.9 Å². The summed E-state index contributed by atoms with van der Waals surface area (Å²) in [5, 5.41) is -2.76. The quantitative estimate of drug-likeness (QED) is 0.765. The average molecular weight is 293 g/mol. The molecule has 0 fully saturated rings. The SMILES string of the molecule is CC(F)(F)SCc1ccc(C=O)c(-c2ccncc2)c1. The number of carbonyl (C=O) groups is 1. The molecule has 1 aromatic carbocycles. The molecule has 5 heteroatoms. The van der Waals surface area contributed by atoms with E-state index in [9.17, 15) is 13.6 Å². The largest absolute Gasteiger partial charge is 0.298 e. The minimum Gasteiger partial charge on any atom is -0.298 e. The fourth-order valence-corrected chi connectivity index (χ4v) is 2.39. The van der Waals surface area contributed by atoms with Crippen molar-refractivity contribution < 1.29 is 13.6 Å². The van der Waals surface area contributed by atoms with Crippen molar-refractivity contribution in [3.8, 4) is 11.1 Å². The fourth-order valence-electron chi connectivity index (χ4n) is 1.79. The smallest absolute Gasteiger partial charge is 0.291 e. The molecule has 1 aromatic heterocycles. The van der Waals surface area contributed by atoms with Gasteiger partial charge in [0.1, 0.15) is 0 Å². The van der Waals surface area contributed by atoms with Gasteiger partial charge < -0.3 is 0 Å². The fraction of sp³-hybridized carbons (Fsp3) is 0.200. The third-order valence-corrected chi connectivity index (χ3v) is 3.71. The predicted molar refractivity (Wildman–Crippen MR) is 77.0 cm³/mol. The second-order valence-corrected chi connectivity index (χ2v) is 5.67. The molecule has 0 amide bonds. The molecule has 0 saturated carbocycles. The van der Waals surface area contributed by atoms with Crippen molar-refractivity contribution >= 4 is 18.0 Å². The van der Waals surface area contributed by atoms with Gasteiger partial charge in [0.25, 0.3) is 5.25 Å². The predicted octanol–water partition coefficient (Wildman–Crippen LogP) is 4.41. The van der Waals surface area contributed by atoms with E-state index in [-0.39, 0.29) is 5.75 Å². The molecule has 2 nitrogen and oxygen atoms in total. The molecule has 0 aliphatic heterocycles. The summed E-state index contributed by atoms with van der Waals surface area (Å²) in [7, 11) is 0. The van der Waals surface area contributed by atoms with Crippen molar-refractivity contribution in [2.24, 2.45) is 0 Å². The number of hydrogen-bond donors (Lipinski definition) is 0. The number of pyridine rings is 1. The van der Waals surface area contributed by atoms with E-state index in [1.807, 2.05) is 0 Å². The molecule has 0 atom stereocenters. The lowest BCUT2D eigenvalue weighted by Gasteiger charge is -2.11. The maximum absolute atomic E-state index is 12.9. The highest BCUT2D eigenvalue weighted by atomic mass is 32.2. The van der Waals surface area contributed by atoms with Crippen LogP contribution in [0.4, 0.5) is 8.78 Å². The molecule has 0 spiro atoms. The summed E-state index contributed by atoms with van der Waals surface area (Å²) in [4.78, 5) is 15.0. The van der Waals surface area contributed by atoms with Crippen LogP contribution in [-0.4, -0.2) is 16.5 Å². The Hall–Kier alpha value is -1.75. The van der Waals surface area contributed by atoms with E-state index < -0.39 is 5.25 Å². The van der Waals surface area contributed by atoms with Gasteiger partial charge in [-0.1, -0.05) is 23.9 Å². The van der Waals surface area contributed by atoms with Gasteiger partial charge in [-0.25, -0.2) is 0 Å². The number of carbonyl (C=O) groups excluding carboxylic acids is 1. The number of thioether (sulfide) groups is 1. The minimum absolute atomic E-state index is 0.195. The number of benzene rings is 1. The molecule has 20 heavy (non-hydrogen) atoms. The first-order chi connectivity index (χ1) is 9.49. The Labute approximate surface area is 120 Å². The number of hydrogen-bond acceptors (Lipinski definition) is 3. The lowest BCUT2D eigenvalue weighted by Crippen LogP contribution is -2.03. The van der Waals surface area contributed by atoms with Crippen molar-refractivity contribution in [1.29, 1.82) is 0 Å². The number of alkyl halides is 2. The van der Waals surface area contributed by atoms with Crippen LogP contribution in [0.25, 0.3) is 11.1 Å². The summed E-state index contributed by atoms with van der Waals surface area (Å²) in [6.07, 6.45) is 4.03. The normalized spacial score (nSPS) is 11.3. The zero-order valence-corrected chi connectivity index (χ0v) is 11.7. The Morgan fingerprint density at radius 1 is 1.25 bits per heavy atom. The zero-order valence-electron chi connectivity index (χ0n) is 10.8. The standard InChI is InChI=1S/C15H13F2NOS/c1-15(16,17)20-10-11-2-3-13(9-19)14(8-11)12-4-6-18-7-5-12/h2-9H,10H2,1H3. The first-order valence-corrected chi connectivity index (χ1v) is 6.98. The van der Waals surface area contributed by atoms with Crippen LogP contribution in [0.5, 0.6) is 0 Å². The Bertz CT molecular complexity index is 597. The Morgan fingerprint density at radius 3 is 2.55 bits per heavy atom. The second kappa shape index (κ2) is 6.13.